The third kappa shape index (κ3) is 138. The summed E-state index contributed by atoms with van der Waals surface area (Å²) in [6, 6.07) is 36.0. The summed E-state index contributed by atoms with van der Waals surface area (Å²) in [4.78, 5) is 0. The third-order valence-corrected chi connectivity index (χ3v) is 4.21. The maximum atomic E-state index is 4.25. The number of methoxy groups -OCH3 is 1. The number of thioether (sulfide) groups is 1. The predicted molar refractivity (Wildman–Crippen MR) is 246 cm³/mol. The molecule has 3 aromatic rings. The molecule has 4 rings (SSSR count). The number of hydrogen-bond donors (Lipinski definition) is 0. The highest BCUT2D eigenvalue weighted by molar-refractivity contribution is 7.97. The van der Waals surface area contributed by atoms with Crippen molar-refractivity contribution in [3.05, 3.63) is 109 Å². The third-order valence-electron chi connectivity index (χ3n) is 4.21. The highest BCUT2D eigenvalue weighted by atomic mass is 32.2. The van der Waals surface area contributed by atoms with Crippen LogP contribution in [0.2, 0.25) is 0 Å². The Morgan fingerprint density at radius 2 is 0.540 bits per heavy atom. The van der Waals surface area contributed by atoms with Crippen LogP contribution in [0.5, 0.6) is 0 Å². The second kappa shape index (κ2) is 76.7. The van der Waals surface area contributed by atoms with E-state index in [-0.39, 0.29) is 0 Å². The molecule has 2 heteroatoms. The predicted octanol–water partition coefficient (Wildman–Crippen LogP) is 17.9. The number of hydrogen-bond acceptors (Lipinski definition) is 2. The standard InChI is InChI=1S/C8H16.3C6H6.C5H12.C3H8.C2H6O.C2H6S.5C2H6/c1-8(2)6-4-3-5-7-8;3*1-2-4-6-5-3-1;1-5(2,3)4;3*1-3-2;5*1-2/h3-7H2,1-2H3;3*1-6H;1-4H3;3H2,1-2H3;2*1-2H3;5*1-2H3. The second-order valence-corrected chi connectivity index (χ2v) is 12.5. The summed E-state index contributed by atoms with van der Waals surface area (Å²) >= 11 is 1.75. The number of ether oxygens (including phenoxy) is 1. The molecule has 300 valence electrons. The van der Waals surface area contributed by atoms with E-state index in [9.17, 15) is 0 Å². The molecule has 0 saturated heterocycles. The average molecular weight is 721 g/mol. The van der Waals surface area contributed by atoms with E-state index >= 15 is 0 Å². The molecule has 0 spiro atoms. The molecular formula is C48H96OS. The Kier molecular flexibility index (Phi) is 107. The molecule has 0 bridgehead atoms. The molecule has 0 amide bonds. The van der Waals surface area contributed by atoms with Gasteiger partial charge < -0.3 is 4.74 Å². The summed E-state index contributed by atoms with van der Waals surface area (Å²) in [5.74, 6) is 0. The van der Waals surface area contributed by atoms with Crippen LogP contribution in [0.4, 0.5) is 0 Å². The largest absolute Gasteiger partial charge is 0.388 e. The quantitative estimate of drug-likeness (QED) is 0.229. The van der Waals surface area contributed by atoms with Crippen LogP contribution in [0.25, 0.3) is 0 Å². The minimum atomic E-state index is 0.500. The van der Waals surface area contributed by atoms with Crippen LogP contribution in [-0.4, -0.2) is 26.7 Å². The van der Waals surface area contributed by atoms with E-state index in [4.69, 9.17) is 0 Å². The molecule has 0 radical (unpaired) electrons. The molecule has 1 fully saturated rings. The lowest BCUT2D eigenvalue weighted by Crippen LogP contribution is -2.14. The van der Waals surface area contributed by atoms with E-state index in [2.05, 4.69) is 60.1 Å². The van der Waals surface area contributed by atoms with Gasteiger partial charge in [0.2, 0.25) is 0 Å². The van der Waals surface area contributed by atoms with Gasteiger partial charge in [-0.25, -0.2) is 0 Å². The highest BCUT2D eigenvalue weighted by Crippen LogP contribution is 2.34. The van der Waals surface area contributed by atoms with Gasteiger partial charge >= 0.3 is 0 Å². The zero-order chi connectivity index (χ0) is 41.4. The summed E-state index contributed by atoms with van der Waals surface area (Å²) in [5.41, 5.74) is 1.18. The molecule has 0 aromatic heterocycles. The zero-order valence-electron chi connectivity index (χ0n) is 38.5. The molecule has 1 aliphatic carbocycles. The molecule has 0 atom stereocenters. The van der Waals surface area contributed by atoms with E-state index in [1.807, 2.05) is 191 Å². The lowest BCUT2D eigenvalue weighted by atomic mass is 9.78. The van der Waals surface area contributed by atoms with Crippen LogP contribution >= 0.6 is 11.8 Å². The van der Waals surface area contributed by atoms with Crippen LogP contribution in [0, 0.1) is 10.8 Å². The minimum absolute atomic E-state index is 0.500. The molecular weight excluding hydrogens is 625 g/mol. The SMILES string of the molecule is CC.CC.CC.CC.CC.CC(C)(C)C.CC1(C)CCCCC1.CCC.COC.CSC.c1ccccc1.c1ccccc1.c1ccccc1. The molecule has 3 aromatic carbocycles. The lowest BCUT2D eigenvalue weighted by Gasteiger charge is -2.28. The zero-order valence-corrected chi connectivity index (χ0v) is 39.3. The van der Waals surface area contributed by atoms with E-state index in [0.717, 1.165) is 0 Å². The maximum absolute atomic E-state index is 4.25. The van der Waals surface area contributed by atoms with Crippen molar-refractivity contribution in [3.63, 3.8) is 0 Å². The van der Waals surface area contributed by atoms with Crippen molar-refractivity contribution in [2.24, 2.45) is 10.8 Å². The summed E-state index contributed by atoms with van der Waals surface area (Å²) in [6.45, 7) is 37.8. The number of benzene rings is 3. The van der Waals surface area contributed by atoms with E-state index in [0.29, 0.717) is 10.8 Å². The maximum Gasteiger partial charge on any atom is 0.0351 e. The van der Waals surface area contributed by atoms with Crippen LogP contribution < -0.4 is 0 Å². The first-order valence-corrected chi connectivity index (χ1v) is 21.4. The average Bonchev–Trinajstić information content (AvgIpc) is 3.16. The van der Waals surface area contributed by atoms with E-state index in [1.54, 1.807) is 26.0 Å². The Hall–Kier alpha value is -2.03. The fourth-order valence-electron chi connectivity index (χ4n) is 2.66. The minimum Gasteiger partial charge on any atom is -0.388 e. The van der Waals surface area contributed by atoms with Gasteiger partial charge in [0.15, 0.2) is 0 Å². The monoisotopic (exact) mass is 721 g/mol. The second-order valence-electron chi connectivity index (χ2n) is 11.7. The van der Waals surface area contributed by atoms with E-state index < -0.39 is 0 Å². The fraction of sp³-hybridized carbons (Fsp3) is 0.625. The fourth-order valence-corrected chi connectivity index (χ4v) is 2.66. The Balaban J connectivity index is -0.0000000539. The van der Waals surface area contributed by atoms with Gasteiger partial charge in [-0.05, 0) is 36.2 Å². The summed E-state index contributed by atoms with van der Waals surface area (Å²) in [6.07, 6.45) is 12.6. The highest BCUT2D eigenvalue weighted by Gasteiger charge is 2.19. The van der Waals surface area contributed by atoms with Crippen molar-refractivity contribution in [2.45, 2.75) is 163 Å². The van der Waals surface area contributed by atoms with Gasteiger partial charge in [0.25, 0.3) is 0 Å². The van der Waals surface area contributed by atoms with Crippen molar-refractivity contribution in [3.8, 4) is 0 Å². The molecule has 0 heterocycles. The molecule has 1 aliphatic rings. The van der Waals surface area contributed by atoms with Gasteiger partial charge in [-0.15, -0.1) is 0 Å². The van der Waals surface area contributed by atoms with Crippen LogP contribution in [-0.2, 0) is 4.74 Å². The van der Waals surface area contributed by atoms with Gasteiger partial charge in [0, 0.05) is 14.2 Å². The van der Waals surface area contributed by atoms with Gasteiger partial charge in [-0.2, -0.15) is 11.8 Å². The van der Waals surface area contributed by atoms with Crippen molar-refractivity contribution >= 4 is 11.8 Å². The normalized spacial score (nSPS) is 10.2. The summed E-state index contributed by atoms with van der Waals surface area (Å²) in [5, 5.41) is 0. The lowest BCUT2D eigenvalue weighted by molar-refractivity contribution is 0.244. The summed E-state index contributed by atoms with van der Waals surface area (Å²) in [7, 11) is 3.25. The van der Waals surface area contributed by atoms with Crippen LogP contribution in [0.1, 0.15) is 163 Å². The first-order chi connectivity index (χ1) is 23.9. The first kappa shape index (κ1) is 69.7. The van der Waals surface area contributed by atoms with Gasteiger partial charge in [0.1, 0.15) is 0 Å². The molecule has 1 saturated carbocycles. The van der Waals surface area contributed by atoms with Crippen molar-refractivity contribution < 1.29 is 4.74 Å². The van der Waals surface area contributed by atoms with Crippen molar-refractivity contribution in [1.29, 1.82) is 0 Å². The molecule has 50 heavy (non-hydrogen) atoms. The van der Waals surface area contributed by atoms with Gasteiger partial charge in [-0.3, -0.25) is 0 Å². The molecule has 0 unspecified atom stereocenters. The molecule has 0 aliphatic heterocycles. The van der Waals surface area contributed by atoms with Crippen molar-refractivity contribution in [1.82, 2.24) is 0 Å². The smallest absolute Gasteiger partial charge is 0.0351 e. The Bertz CT molecular complexity index is 564. The van der Waals surface area contributed by atoms with Gasteiger partial charge in [0.05, 0.1) is 0 Å². The van der Waals surface area contributed by atoms with Crippen LogP contribution in [0.3, 0.4) is 0 Å². The first-order valence-electron chi connectivity index (χ1n) is 19.8. The number of rotatable bonds is 0. The topological polar surface area (TPSA) is 9.23 Å². The Morgan fingerprint density at radius 3 is 0.600 bits per heavy atom. The van der Waals surface area contributed by atoms with Crippen LogP contribution in [0.15, 0.2) is 109 Å². The Morgan fingerprint density at radius 1 is 0.440 bits per heavy atom. The molecule has 0 N–H and O–H groups in total. The van der Waals surface area contributed by atoms with E-state index in [1.165, 1.54) is 38.5 Å². The Labute approximate surface area is 325 Å². The van der Waals surface area contributed by atoms with Crippen molar-refractivity contribution in [2.75, 3.05) is 26.7 Å². The summed E-state index contributed by atoms with van der Waals surface area (Å²) < 4.78 is 4.25. The van der Waals surface area contributed by atoms with Gasteiger partial charge in [-0.1, -0.05) is 260 Å². The molecule has 1 nitrogen and oxygen atoms in total.